The van der Waals surface area contributed by atoms with Crippen LogP contribution in [0.4, 0.5) is 11.4 Å². The van der Waals surface area contributed by atoms with Gasteiger partial charge in [-0.25, -0.2) is 4.98 Å². The average molecular weight is 440 g/mol. The molecule has 0 atom stereocenters. The molecule has 2 N–H and O–H groups in total. The highest BCUT2D eigenvalue weighted by atomic mass is 16.5. The van der Waals surface area contributed by atoms with Crippen molar-refractivity contribution < 1.29 is 14.3 Å². The zero-order valence-electron chi connectivity index (χ0n) is 18.8. The van der Waals surface area contributed by atoms with Gasteiger partial charge in [0, 0.05) is 29.2 Å². The fraction of sp³-hybridized carbons (Fsp3) is 0.148. The first-order valence-electron chi connectivity index (χ1n) is 10.7. The van der Waals surface area contributed by atoms with Gasteiger partial charge in [0.25, 0.3) is 5.91 Å². The summed E-state index contributed by atoms with van der Waals surface area (Å²) in [5.41, 5.74) is 4.11. The minimum Gasteiger partial charge on any atom is -0.491 e. The number of pyridine rings is 1. The van der Waals surface area contributed by atoms with Gasteiger partial charge in [-0.05, 0) is 62.4 Å². The van der Waals surface area contributed by atoms with E-state index in [-0.39, 0.29) is 17.9 Å². The van der Waals surface area contributed by atoms with Crippen LogP contribution in [0.3, 0.4) is 0 Å². The molecule has 0 aliphatic rings. The van der Waals surface area contributed by atoms with Crippen molar-refractivity contribution in [3.05, 3.63) is 84.4 Å². The molecule has 0 fully saturated rings. The molecule has 6 nitrogen and oxygen atoms in total. The predicted octanol–water partition coefficient (Wildman–Crippen LogP) is 5.90. The fourth-order valence-electron chi connectivity index (χ4n) is 3.55. The molecule has 6 heteroatoms. The standard InChI is InChI=1S/C27H25N3O3/c1-17(2)33-22-8-6-7-19(15-22)26-16-24(23-9-4-5-10-25(23)30-26)27(32)29-21-13-11-20(12-14-21)28-18(3)31/h4-17H,1-3H3,(H,28,31)(H,29,32). The summed E-state index contributed by atoms with van der Waals surface area (Å²) in [5.74, 6) is 0.366. The number of amides is 2. The number of benzene rings is 3. The van der Waals surface area contributed by atoms with Crippen LogP contribution < -0.4 is 15.4 Å². The summed E-state index contributed by atoms with van der Waals surface area (Å²) in [5, 5.41) is 6.42. The number of fused-ring (bicyclic) bond motifs is 1. The summed E-state index contributed by atoms with van der Waals surface area (Å²) >= 11 is 0. The second kappa shape index (κ2) is 9.53. The maximum Gasteiger partial charge on any atom is 0.256 e. The molecule has 0 spiro atoms. The normalized spacial score (nSPS) is 10.8. The number of para-hydroxylation sites is 1. The van der Waals surface area contributed by atoms with Crippen LogP contribution in [0.2, 0.25) is 0 Å². The largest absolute Gasteiger partial charge is 0.491 e. The van der Waals surface area contributed by atoms with Gasteiger partial charge in [0.15, 0.2) is 0 Å². The molecule has 166 valence electrons. The van der Waals surface area contributed by atoms with Crippen LogP contribution in [-0.2, 0) is 4.79 Å². The molecule has 1 heterocycles. The summed E-state index contributed by atoms with van der Waals surface area (Å²) in [7, 11) is 0. The van der Waals surface area contributed by atoms with Gasteiger partial charge >= 0.3 is 0 Å². The summed E-state index contributed by atoms with van der Waals surface area (Å²) in [6.07, 6.45) is 0.0585. The lowest BCUT2D eigenvalue weighted by Gasteiger charge is -2.13. The van der Waals surface area contributed by atoms with Crippen molar-refractivity contribution in [3.63, 3.8) is 0 Å². The predicted molar refractivity (Wildman–Crippen MR) is 132 cm³/mol. The molecule has 0 saturated carbocycles. The topological polar surface area (TPSA) is 80.3 Å². The molecule has 4 aromatic rings. The van der Waals surface area contributed by atoms with Gasteiger partial charge in [-0.15, -0.1) is 0 Å². The van der Waals surface area contributed by atoms with E-state index in [1.807, 2.05) is 62.4 Å². The highest BCUT2D eigenvalue weighted by Crippen LogP contribution is 2.28. The van der Waals surface area contributed by atoms with Crippen molar-refractivity contribution in [1.29, 1.82) is 0 Å². The van der Waals surface area contributed by atoms with Crippen molar-refractivity contribution in [2.45, 2.75) is 26.9 Å². The first-order chi connectivity index (χ1) is 15.9. The van der Waals surface area contributed by atoms with Gasteiger partial charge in [-0.3, -0.25) is 9.59 Å². The number of carbonyl (C=O) groups excluding carboxylic acids is 2. The highest BCUT2D eigenvalue weighted by Gasteiger charge is 2.15. The fourth-order valence-corrected chi connectivity index (χ4v) is 3.55. The second-order valence-corrected chi connectivity index (χ2v) is 7.98. The smallest absolute Gasteiger partial charge is 0.256 e. The SMILES string of the molecule is CC(=O)Nc1ccc(NC(=O)c2cc(-c3cccc(OC(C)C)c3)nc3ccccc23)cc1. The molecule has 0 bridgehead atoms. The molecule has 0 aliphatic carbocycles. The van der Waals surface area contributed by atoms with E-state index < -0.39 is 0 Å². The average Bonchev–Trinajstić information content (AvgIpc) is 2.79. The number of aromatic nitrogens is 1. The van der Waals surface area contributed by atoms with Crippen molar-refractivity contribution in [2.75, 3.05) is 10.6 Å². The van der Waals surface area contributed by atoms with Crippen molar-refractivity contribution in [3.8, 4) is 17.0 Å². The Morgan fingerprint density at radius 3 is 2.24 bits per heavy atom. The third-order valence-electron chi connectivity index (χ3n) is 4.93. The lowest BCUT2D eigenvalue weighted by molar-refractivity contribution is -0.114. The lowest BCUT2D eigenvalue weighted by atomic mass is 10.0. The first-order valence-corrected chi connectivity index (χ1v) is 10.7. The summed E-state index contributed by atoms with van der Waals surface area (Å²) in [4.78, 5) is 29.2. The number of anilines is 2. The van der Waals surface area contributed by atoms with Gasteiger partial charge in [0.05, 0.1) is 22.9 Å². The van der Waals surface area contributed by atoms with E-state index in [1.54, 1.807) is 30.3 Å². The maximum absolute atomic E-state index is 13.3. The molecule has 0 radical (unpaired) electrons. The van der Waals surface area contributed by atoms with Gasteiger partial charge in [0.1, 0.15) is 5.75 Å². The number of rotatable bonds is 6. The van der Waals surface area contributed by atoms with Crippen LogP contribution in [0.1, 0.15) is 31.1 Å². The monoisotopic (exact) mass is 439 g/mol. The highest BCUT2D eigenvalue weighted by molar-refractivity contribution is 6.13. The second-order valence-electron chi connectivity index (χ2n) is 7.98. The van der Waals surface area contributed by atoms with Gasteiger partial charge in [-0.2, -0.15) is 0 Å². The Kier molecular flexibility index (Phi) is 6.36. The first kappa shape index (κ1) is 22.0. The Morgan fingerprint density at radius 1 is 0.848 bits per heavy atom. The molecule has 0 unspecified atom stereocenters. The minimum absolute atomic E-state index is 0.0585. The van der Waals surface area contributed by atoms with Gasteiger partial charge in [0.2, 0.25) is 5.91 Å². The Bertz CT molecular complexity index is 1310. The van der Waals surface area contributed by atoms with Crippen molar-refractivity contribution >= 4 is 34.1 Å². The number of nitrogens with zero attached hydrogens (tertiary/aromatic N) is 1. The van der Waals surface area contributed by atoms with E-state index in [9.17, 15) is 9.59 Å². The molecular formula is C27H25N3O3. The quantitative estimate of drug-likeness (QED) is 0.392. The molecular weight excluding hydrogens is 414 g/mol. The number of hydrogen-bond donors (Lipinski definition) is 2. The van der Waals surface area contributed by atoms with Crippen molar-refractivity contribution in [1.82, 2.24) is 4.98 Å². The van der Waals surface area contributed by atoms with E-state index in [1.165, 1.54) is 6.92 Å². The molecule has 3 aromatic carbocycles. The van der Waals surface area contributed by atoms with E-state index >= 15 is 0 Å². The van der Waals surface area contributed by atoms with Crippen LogP contribution in [0.5, 0.6) is 5.75 Å². The Balaban J connectivity index is 1.68. The van der Waals surface area contributed by atoms with E-state index in [0.29, 0.717) is 22.6 Å². The maximum atomic E-state index is 13.3. The van der Waals surface area contributed by atoms with Gasteiger partial charge < -0.3 is 15.4 Å². The Hall–Kier alpha value is -4.19. The van der Waals surface area contributed by atoms with Crippen LogP contribution in [0.15, 0.2) is 78.9 Å². The summed E-state index contributed by atoms with van der Waals surface area (Å²) < 4.78 is 5.82. The summed E-state index contributed by atoms with van der Waals surface area (Å²) in [6.45, 7) is 5.41. The molecule has 1 aromatic heterocycles. The number of nitrogens with one attached hydrogen (secondary N) is 2. The van der Waals surface area contributed by atoms with Gasteiger partial charge in [-0.1, -0.05) is 30.3 Å². The van der Waals surface area contributed by atoms with Crippen LogP contribution in [0.25, 0.3) is 22.2 Å². The molecule has 0 saturated heterocycles. The Morgan fingerprint density at radius 2 is 1.55 bits per heavy atom. The number of carbonyl (C=O) groups is 2. The molecule has 33 heavy (non-hydrogen) atoms. The van der Waals surface area contributed by atoms with E-state index in [2.05, 4.69) is 10.6 Å². The molecule has 2 amide bonds. The minimum atomic E-state index is -0.239. The summed E-state index contributed by atoms with van der Waals surface area (Å²) in [6, 6.07) is 24.1. The number of hydrogen-bond acceptors (Lipinski definition) is 4. The van der Waals surface area contributed by atoms with E-state index in [4.69, 9.17) is 9.72 Å². The van der Waals surface area contributed by atoms with E-state index in [0.717, 1.165) is 22.2 Å². The molecule has 0 aliphatic heterocycles. The van der Waals surface area contributed by atoms with Crippen LogP contribution >= 0.6 is 0 Å². The lowest BCUT2D eigenvalue weighted by Crippen LogP contribution is -2.13. The molecule has 4 rings (SSSR count). The Labute approximate surface area is 192 Å². The zero-order valence-corrected chi connectivity index (χ0v) is 18.8. The number of ether oxygens (including phenoxy) is 1. The van der Waals surface area contributed by atoms with Crippen LogP contribution in [-0.4, -0.2) is 22.9 Å². The van der Waals surface area contributed by atoms with Crippen molar-refractivity contribution in [2.24, 2.45) is 0 Å². The third kappa shape index (κ3) is 5.36. The third-order valence-corrected chi connectivity index (χ3v) is 4.93. The van der Waals surface area contributed by atoms with Crippen LogP contribution in [0, 0.1) is 0 Å². The zero-order chi connectivity index (χ0) is 23.4.